The molecule has 0 spiro atoms. The predicted molar refractivity (Wildman–Crippen MR) is 68.4 cm³/mol. The van der Waals surface area contributed by atoms with Gasteiger partial charge in [0.1, 0.15) is 11.6 Å². The van der Waals surface area contributed by atoms with Gasteiger partial charge in [0.05, 0.1) is 0 Å². The zero-order chi connectivity index (χ0) is 12.3. The summed E-state index contributed by atoms with van der Waals surface area (Å²) in [6, 6.07) is 1.58. The van der Waals surface area contributed by atoms with E-state index in [1.807, 2.05) is 0 Å². The minimum absolute atomic E-state index is 0.0527. The fourth-order valence-electron chi connectivity index (χ4n) is 1.89. The number of rotatable bonds is 6. The summed E-state index contributed by atoms with van der Waals surface area (Å²) >= 11 is 0. The van der Waals surface area contributed by atoms with Crippen LogP contribution in [-0.4, -0.2) is 29.6 Å². The number of nitrogens with one attached hydrogen (secondary N) is 1. The van der Waals surface area contributed by atoms with E-state index in [0.717, 1.165) is 44.0 Å². The van der Waals surface area contributed by atoms with E-state index in [0.29, 0.717) is 12.5 Å². The van der Waals surface area contributed by atoms with E-state index in [2.05, 4.69) is 21.8 Å². The van der Waals surface area contributed by atoms with Crippen LogP contribution < -0.4 is 16.2 Å². The standard InChI is InChI=1S/C12H20N4O/c1-2-16(7-3-6-13)10-8-11(17)15-12(14-10)9-4-5-9/h8-9H,2-7,13H2,1H3,(H,14,15,17). The van der Waals surface area contributed by atoms with E-state index in [9.17, 15) is 4.79 Å². The first kappa shape index (κ1) is 12.1. The van der Waals surface area contributed by atoms with Crippen molar-refractivity contribution in [2.45, 2.75) is 32.1 Å². The largest absolute Gasteiger partial charge is 0.357 e. The van der Waals surface area contributed by atoms with Crippen LogP contribution >= 0.6 is 0 Å². The number of anilines is 1. The molecular weight excluding hydrogens is 216 g/mol. The van der Waals surface area contributed by atoms with Crippen LogP contribution in [0.5, 0.6) is 0 Å². The van der Waals surface area contributed by atoms with Gasteiger partial charge in [-0.25, -0.2) is 4.98 Å². The van der Waals surface area contributed by atoms with Gasteiger partial charge in [-0.3, -0.25) is 4.79 Å². The second-order valence-electron chi connectivity index (χ2n) is 4.49. The summed E-state index contributed by atoms with van der Waals surface area (Å²) in [6.07, 6.45) is 3.20. The molecule has 3 N–H and O–H groups in total. The Hall–Kier alpha value is -1.36. The first-order valence-corrected chi connectivity index (χ1v) is 6.31. The van der Waals surface area contributed by atoms with E-state index in [1.165, 1.54) is 0 Å². The summed E-state index contributed by atoms with van der Waals surface area (Å²) in [5.74, 6) is 2.10. The van der Waals surface area contributed by atoms with Crippen molar-refractivity contribution in [3.63, 3.8) is 0 Å². The van der Waals surface area contributed by atoms with Crippen LogP contribution in [0.2, 0.25) is 0 Å². The van der Waals surface area contributed by atoms with Crippen molar-refractivity contribution in [2.75, 3.05) is 24.5 Å². The lowest BCUT2D eigenvalue weighted by Crippen LogP contribution is -2.28. The molecule has 0 unspecified atom stereocenters. The normalized spacial score (nSPS) is 14.9. The fraction of sp³-hybridized carbons (Fsp3) is 0.667. The van der Waals surface area contributed by atoms with Crippen molar-refractivity contribution in [3.05, 3.63) is 22.2 Å². The van der Waals surface area contributed by atoms with Crippen LogP contribution in [-0.2, 0) is 0 Å². The van der Waals surface area contributed by atoms with E-state index in [4.69, 9.17) is 5.73 Å². The molecule has 5 nitrogen and oxygen atoms in total. The summed E-state index contributed by atoms with van der Waals surface area (Å²) in [4.78, 5) is 21.1. The Morgan fingerprint density at radius 3 is 2.94 bits per heavy atom. The maximum absolute atomic E-state index is 11.6. The number of nitrogens with zero attached hydrogens (tertiary/aromatic N) is 2. The zero-order valence-corrected chi connectivity index (χ0v) is 10.3. The molecule has 1 aliphatic carbocycles. The number of H-pyrrole nitrogens is 1. The van der Waals surface area contributed by atoms with Crippen LogP contribution in [0.1, 0.15) is 37.9 Å². The lowest BCUT2D eigenvalue weighted by Gasteiger charge is -2.21. The smallest absolute Gasteiger partial charge is 0.252 e. The van der Waals surface area contributed by atoms with Gasteiger partial charge < -0.3 is 15.6 Å². The Kier molecular flexibility index (Phi) is 3.78. The van der Waals surface area contributed by atoms with Gasteiger partial charge in [-0.05, 0) is 32.7 Å². The van der Waals surface area contributed by atoms with Gasteiger partial charge in [-0.2, -0.15) is 0 Å². The van der Waals surface area contributed by atoms with Crippen LogP contribution in [0.15, 0.2) is 10.9 Å². The van der Waals surface area contributed by atoms with Gasteiger partial charge >= 0.3 is 0 Å². The van der Waals surface area contributed by atoms with Gasteiger partial charge in [-0.1, -0.05) is 0 Å². The van der Waals surface area contributed by atoms with E-state index < -0.39 is 0 Å². The number of aromatic nitrogens is 2. The molecule has 0 saturated heterocycles. The number of nitrogens with two attached hydrogens (primary N) is 1. The molecule has 1 aromatic rings. The molecule has 1 saturated carbocycles. The first-order valence-electron chi connectivity index (χ1n) is 6.31. The summed E-state index contributed by atoms with van der Waals surface area (Å²) < 4.78 is 0. The van der Waals surface area contributed by atoms with Crippen LogP contribution in [0.4, 0.5) is 5.82 Å². The molecule has 1 aromatic heterocycles. The maximum atomic E-state index is 11.6. The molecule has 2 rings (SSSR count). The van der Waals surface area contributed by atoms with Gasteiger partial charge in [0, 0.05) is 25.1 Å². The zero-order valence-electron chi connectivity index (χ0n) is 10.3. The summed E-state index contributed by atoms with van der Waals surface area (Å²) in [6.45, 7) is 4.43. The van der Waals surface area contributed by atoms with Crippen molar-refractivity contribution in [3.8, 4) is 0 Å². The third-order valence-electron chi connectivity index (χ3n) is 3.05. The van der Waals surface area contributed by atoms with Gasteiger partial charge in [0.2, 0.25) is 0 Å². The highest BCUT2D eigenvalue weighted by molar-refractivity contribution is 5.37. The molecule has 17 heavy (non-hydrogen) atoms. The molecule has 94 valence electrons. The lowest BCUT2D eigenvalue weighted by molar-refractivity contribution is 0.736. The Morgan fingerprint density at radius 1 is 1.59 bits per heavy atom. The highest BCUT2D eigenvalue weighted by atomic mass is 16.1. The van der Waals surface area contributed by atoms with E-state index >= 15 is 0 Å². The molecule has 0 amide bonds. The second-order valence-corrected chi connectivity index (χ2v) is 4.49. The minimum Gasteiger partial charge on any atom is -0.357 e. The Bertz CT molecular complexity index is 425. The van der Waals surface area contributed by atoms with E-state index in [1.54, 1.807) is 6.07 Å². The number of hydrogen-bond acceptors (Lipinski definition) is 4. The topological polar surface area (TPSA) is 75.0 Å². The van der Waals surface area contributed by atoms with Crippen molar-refractivity contribution < 1.29 is 0 Å². The average Bonchev–Trinajstić information content (AvgIpc) is 3.13. The van der Waals surface area contributed by atoms with Crippen molar-refractivity contribution in [1.29, 1.82) is 0 Å². The summed E-state index contributed by atoms with van der Waals surface area (Å²) in [5, 5.41) is 0. The predicted octanol–water partition coefficient (Wildman–Crippen LogP) is 0.822. The molecule has 1 aliphatic rings. The maximum Gasteiger partial charge on any atom is 0.252 e. The molecule has 0 radical (unpaired) electrons. The third kappa shape index (κ3) is 3.06. The third-order valence-corrected chi connectivity index (χ3v) is 3.05. The number of hydrogen-bond donors (Lipinski definition) is 2. The fourth-order valence-corrected chi connectivity index (χ4v) is 1.89. The van der Waals surface area contributed by atoms with Gasteiger partial charge in [-0.15, -0.1) is 0 Å². The molecule has 0 aromatic carbocycles. The van der Waals surface area contributed by atoms with Crippen molar-refractivity contribution in [2.24, 2.45) is 5.73 Å². The highest BCUT2D eigenvalue weighted by Gasteiger charge is 2.26. The molecular formula is C12H20N4O. The van der Waals surface area contributed by atoms with Crippen molar-refractivity contribution in [1.82, 2.24) is 9.97 Å². The van der Waals surface area contributed by atoms with Crippen molar-refractivity contribution >= 4 is 5.82 Å². The van der Waals surface area contributed by atoms with Crippen LogP contribution in [0, 0.1) is 0 Å². The lowest BCUT2D eigenvalue weighted by atomic mass is 10.3. The number of aromatic amines is 1. The molecule has 0 bridgehead atoms. The summed E-state index contributed by atoms with van der Waals surface area (Å²) in [7, 11) is 0. The second kappa shape index (κ2) is 5.31. The Morgan fingerprint density at radius 2 is 2.35 bits per heavy atom. The monoisotopic (exact) mass is 236 g/mol. The average molecular weight is 236 g/mol. The molecule has 1 fully saturated rings. The Balaban J connectivity index is 2.19. The Labute approximate surface area is 101 Å². The van der Waals surface area contributed by atoms with E-state index in [-0.39, 0.29) is 5.56 Å². The quantitative estimate of drug-likeness (QED) is 0.767. The molecule has 0 atom stereocenters. The first-order chi connectivity index (χ1) is 8.24. The van der Waals surface area contributed by atoms with Crippen LogP contribution in [0.3, 0.4) is 0 Å². The molecule has 0 aliphatic heterocycles. The van der Waals surface area contributed by atoms with Gasteiger partial charge in [0.25, 0.3) is 5.56 Å². The molecule has 1 heterocycles. The summed E-state index contributed by atoms with van der Waals surface area (Å²) in [5.41, 5.74) is 5.46. The van der Waals surface area contributed by atoms with Crippen LogP contribution in [0.25, 0.3) is 0 Å². The highest BCUT2D eigenvalue weighted by Crippen LogP contribution is 2.37. The molecule has 5 heteroatoms. The van der Waals surface area contributed by atoms with Gasteiger partial charge in [0.15, 0.2) is 0 Å². The minimum atomic E-state index is -0.0527. The SMILES string of the molecule is CCN(CCCN)c1cc(=O)[nH]c(C2CC2)n1.